The Bertz CT molecular complexity index is 1370. The van der Waals surface area contributed by atoms with Gasteiger partial charge in [0.15, 0.2) is 0 Å². The SMILES string of the molecule is O=C1CSc2ccc(N3C[C@H](CCNCC4Cn5c(=O)ccc6cccc4c65)OC3=O)nc2N1. The summed E-state index contributed by atoms with van der Waals surface area (Å²) in [5.74, 6) is 1.47. The number of rotatable bonds is 6. The molecule has 174 valence electrons. The van der Waals surface area contributed by atoms with Crippen molar-refractivity contribution in [2.45, 2.75) is 29.9 Å². The molecule has 0 bridgehead atoms. The van der Waals surface area contributed by atoms with Crippen LogP contribution in [0.5, 0.6) is 0 Å². The van der Waals surface area contributed by atoms with Gasteiger partial charge in [-0.15, -0.1) is 11.8 Å². The van der Waals surface area contributed by atoms with Crippen molar-refractivity contribution >= 4 is 46.3 Å². The molecule has 1 unspecified atom stereocenters. The van der Waals surface area contributed by atoms with Crippen molar-refractivity contribution in [1.29, 1.82) is 0 Å². The van der Waals surface area contributed by atoms with E-state index in [1.54, 1.807) is 12.1 Å². The second kappa shape index (κ2) is 8.44. The number of hydrogen-bond acceptors (Lipinski definition) is 7. The van der Waals surface area contributed by atoms with Crippen molar-refractivity contribution in [2.24, 2.45) is 0 Å². The first kappa shape index (κ1) is 21.2. The number of carbonyl (C=O) groups is 2. The van der Waals surface area contributed by atoms with Crippen LogP contribution < -0.4 is 21.1 Å². The number of thioether (sulfide) groups is 1. The molecule has 0 saturated carbocycles. The lowest BCUT2D eigenvalue weighted by atomic mass is 10.00. The van der Waals surface area contributed by atoms with E-state index in [1.165, 1.54) is 22.2 Å². The number of amides is 2. The van der Waals surface area contributed by atoms with Gasteiger partial charge in [-0.25, -0.2) is 9.78 Å². The molecule has 0 spiro atoms. The number of ether oxygens (including phenoxy) is 1. The third kappa shape index (κ3) is 3.72. The average Bonchev–Trinajstić information content (AvgIpc) is 3.40. The Morgan fingerprint density at radius 1 is 1.12 bits per heavy atom. The maximum atomic E-state index is 12.4. The van der Waals surface area contributed by atoms with Gasteiger partial charge in [0.25, 0.3) is 5.56 Å². The Hall–Kier alpha value is -3.37. The standard InChI is InChI=1S/C24H23N5O4S/c30-20-13-34-18-5-6-19(26-23(18)27-20)28-12-16(33-24(28)32)8-9-25-10-15-11-29-21(31)7-4-14-2-1-3-17(15)22(14)29/h1-7,15-16,25H,8-13H2,(H,26,27,30)/t15?,16-/m0/s1. The lowest BCUT2D eigenvalue weighted by molar-refractivity contribution is -0.113. The van der Waals surface area contributed by atoms with Gasteiger partial charge in [0.05, 0.1) is 22.7 Å². The minimum atomic E-state index is -0.426. The minimum Gasteiger partial charge on any atom is -0.444 e. The summed E-state index contributed by atoms with van der Waals surface area (Å²) in [7, 11) is 0. The monoisotopic (exact) mass is 477 g/mol. The highest BCUT2D eigenvalue weighted by Gasteiger charge is 2.34. The lowest BCUT2D eigenvalue weighted by Gasteiger charge is -2.18. The van der Waals surface area contributed by atoms with Crippen molar-refractivity contribution in [1.82, 2.24) is 14.9 Å². The Morgan fingerprint density at radius 3 is 2.94 bits per heavy atom. The van der Waals surface area contributed by atoms with Crippen LogP contribution in [0.25, 0.3) is 10.9 Å². The van der Waals surface area contributed by atoms with Gasteiger partial charge < -0.3 is 19.9 Å². The van der Waals surface area contributed by atoms with Crippen LogP contribution in [0, 0.1) is 0 Å². The summed E-state index contributed by atoms with van der Waals surface area (Å²) >= 11 is 1.43. The summed E-state index contributed by atoms with van der Waals surface area (Å²) in [6.07, 6.45) is 0.00185. The molecule has 3 aliphatic rings. The van der Waals surface area contributed by atoms with Gasteiger partial charge in [-0.2, -0.15) is 0 Å². The zero-order valence-electron chi connectivity index (χ0n) is 18.3. The Morgan fingerprint density at radius 2 is 2.03 bits per heavy atom. The number of nitrogens with zero attached hydrogens (tertiary/aromatic N) is 3. The maximum Gasteiger partial charge on any atom is 0.415 e. The zero-order valence-corrected chi connectivity index (χ0v) is 19.1. The minimum absolute atomic E-state index is 0.0364. The van der Waals surface area contributed by atoms with E-state index in [0.29, 0.717) is 43.4 Å². The topological polar surface area (TPSA) is 106 Å². The molecule has 2 atom stereocenters. The van der Waals surface area contributed by atoms with Crippen LogP contribution in [-0.2, 0) is 16.1 Å². The molecular weight excluding hydrogens is 454 g/mol. The molecule has 0 radical (unpaired) electrons. The Kier molecular flexibility index (Phi) is 5.26. The number of benzene rings is 1. The lowest BCUT2D eigenvalue weighted by Crippen LogP contribution is -2.29. The third-order valence-electron chi connectivity index (χ3n) is 6.53. The second-order valence-corrected chi connectivity index (χ2v) is 9.74. The highest BCUT2D eigenvalue weighted by Crippen LogP contribution is 2.33. The molecular formula is C24H23N5O4S. The molecule has 5 heterocycles. The number of aromatic nitrogens is 2. The quantitative estimate of drug-likeness (QED) is 0.526. The van der Waals surface area contributed by atoms with E-state index < -0.39 is 6.09 Å². The van der Waals surface area contributed by atoms with Gasteiger partial charge >= 0.3 is 6.09 Å². The summed E-state index contributed by atoms with van der Waals surface area (Å²) in [5.41, 5.74) is 2.27. The van der Waals surface area contributed by atoms with Crippen LogP contribution in [0.2, 0.25) is 0 Å². The van der Waals surface area contributed by atoms with E-state index in [0.717, 1.165) is 22.3 Å². The van der Waals surface area contributed by atoms with Gasteiger partial charge in [-0.3, -0.25) is 14.5 Å². The van der Waals surface area contributed by atoms with Gasteiger partial charge in [-0.1, -0.05) is 18.2 Å². The van der Waals surface area contributed by atoms with E-state index >= 15 is 0 Å². The summed E-state index contributed by atoms with van der Waals surface area (Å²) in [6.45, 7) is 2.52. The third-order valence-corrected chi connectivity index (χ3v) is 7.57. The zero-order chi connectivity index (χ0) is 23.2. The molecule has 1 aromatic carbocycles. The number of cyclic esters (lactones) is 1. The molecule has 2 amide bonds. The molecule has 9 nitrogen and oxygen atoms in total. The number of carbonyl (C=O) groups excluding carboxylic acids is 2. The smallest absolute Gasteiger partial charge is 0.415 e. The average molecular weight is 478 g/mol. The molecule has 1 saturated heterocycles. The van der Waals surface area contributed by atoms with E-state index in [9.17, 15) is 14.4 Å². The first-order valence-electron chi connectivity index (χ1n) is 11.3. The Labute approximate surface area is 199 Å². The summed E-state index contributed by atoms with van der Waals surface area (Å²) in [4.78, 5) is 43.2. The summed E-state index contributed by atoms with van der Waals surface area (Å²) in [6, 6.07) is 13.3. The first-order chi connectivity index (χ1) is 16.6. The van der Waals surface area contributed by atoms with E-state index in [2.05, 4.69) is 21.7 Å². The molecule has 10 heteroatoms. The summed E-state index contributed by atoms with van der Waals surface area (Å²) < 4.78 is 7.41. The largest absolute Gasteiger partial charge is 0.444 e. The summed E-state index contributed by atoms with van der Waals surface area (Å²) in [5, 5.41) is 7.32. The highest BCUT2D eigenvalue weighted by molar-refractivity contribution is 8.00. The van der Waals surface area contributed by atoms with Crippen molar-refractivity contribution in [2.75, 3.05) is 35.6 Å². The number of nitrogens with one attached hydrogen (secondary N) is 2. The molecule has 3 aliphatic heterocycles. The van der Waals surface area contributed by atoms with E-state index in [-0.39, 0.29) is 23.5 Å². The number of pyridine rings is 2. The molecule has 0 aliphatic carbocycles. The molecule has 2 N–H and O–H groups in total. The number of para-hydroxylation sites is 1. The van der Waals surface area contributed by atoms with Gasteiger partial charge in [-0.05, 0) is 42.1 Å². The van der Waals surface area contributed by atoms with Gasteiger partial charge in [0, 0.05) is 25.1 Å². The van der Waals surface area contributed by atoms with Gasteiger partial charge in [0.1, 0.15) is 17.7 Å². The van der Waals surface area contributed by atoms with Crippen LogP contribution in [0.1, 0.15) is 17.9 Å². The predicted octanol–water partition coefficient (Wildman–Crippen LogP) is 2.54. The molecule has 6 rings (SSSR count). The second-order valence-electron chi connectivity index (χ2n) is 8.73. The van der Waals surface area contributed by atoms with Crippen LogP contribution in [0.3, 0.4) is 0 Å². The molecule has 1 fully saturated rings. The fraction of sp³-hybridized carbons (Fsp3) is 0.333. The predicted molar refractivity (Wildman–Crippen MR) is 130 cm³/mol. The van der Waals surface area contributed by atoms with Crippen LogP contribution >= 0.6 is 11.8 Å². The Balaban J connectivity index is 1.05. The normalized spacial score (nSPS) is 21.0. The highest BCUT2D eigenvalue weighted by atomic mass is 32.2. The fourth-order valence-electron chi connectivity index (χ4n) is 4.89. The van der Waals surface area contributed by atoms with Crippen LogP contribution in [0.15, 0.2) is 52.2 Å². The van der Waals surface area contributed by atoms with Crippen LogP contribution in [0.4, 0.5) is 16.4 Å². The number of hydrogen-bond donors (Lipinski definition) is 2. The maximum absolute atomic E-state index is 12.4. The van der Waals surface area contributed by atoms with Crippen molar-refractivity contribution < 1.29 is 14.3 Å². The molecule has 2 aromatic heterocycles. The number of anilines is 2. The van der Waals surface area contributed by atoms with E-state index in [1.807, 2.05) is 28.8 Å². The first-order valence-corrected chi connectivity index (χ1v) is 12.3. The van der Waals surface area contributed by atoms with Crippen molar-refractivity contribution in [3.8, 4) is 0 Å². The fourth-order valence-corrected chi connectivity index (χ4v) is 5.65. The molecule has 3 aromatic rings. The van der Waals surface area contributed by atoms with Gasteiger partial charge in [0.2, 0.25) is 5.91 Å². The number of fused-ring (bicyclic) bond motifs is 1. The van der Waals surface area contributed by atoms with Crippen molar-refractivity contribution in [3.05, 3.63) is 58.4 Å². The molecule has 34 heavy (non-hydrogen) atoms. The van der Waals surface area contributed by atoms with Crippen LogP contribution in [-0.4, -0.2) is 53.0 Å². The van der Waals surface area contributed by atoms with Crippen molar-refractivity contribution in [3.63, 3.8) is 0 Å². The van der Waals surface area contributed by atoms with E-state index in [4.69, 9.17) is 4.74 Å².